The summed E-state index contributed by atoms with van der Waals surface area (Å²) in [4.78, 5) is 25.3. The molecule has 0 aromatic heterocycles. The Morgan fingerprint density at radius 1 is 0.654 bits per heavy atom. The molecule has 52 heavy (non-hydrogen) atoms. The minimum atomic E-state index is -4.58. The van der Waals surface area contributed by atoms with Gasteiger partial charge in [0.2, 0.25) is 5.91 Å². The van der Waals surface area contributed by atoms with Gasteiger partial charge in [-0.1, -0.05) is 193 Å². The number of quaternary nitrogens is 1. The number of nitrogens with zero attached hydrogens (tertiary/aromatic N) is 1. The molecule has 0 spiro atoms. The van der Waals surface area contributed by atoms with Gasteiger partial charge in [0.1, 0.15) is 13.2 Å². The van der Waals surface area contributed by atoms with Gasteiger partial charge in [-0.15, -0.1) is 0 Å². The summed E-state index contributed by atoms with van der Waals surface area (Å²) in [5.41, 5.74) is 0. The van der Waals surface area contributed by atoms with Crippen molar-refractivity contribution in [2.45, 2.75) is 219 Å². The lowest BCUT2D eigenvalue weighted by molar-refractivity contribution is -0.870. The molecule has 0 saturated carbocycles. The summed E-state index contributed by atoms with van der Waals surface area (Å²) in [6.07, 6.45) is 39.6. The molecule has 1 amide bonds. The Balaban J connectivity index is 4.42. The quantitative estimate of drug-likeness (QED) is 0.0279. The molecule has 3 atom stereocenters. The number of aliphatic hydroxyl groups is 1. The second kappa shape index (κ2) is 35.9. The van der Waals surface area contributed by atoms with Crippen molar-refractivity contribution >= 4 is 13.7 Å². The maximum atomic E-state index is 12.8. The molecular formula is C43H87N2O6P. The molecule has 310 valence electrons. The van der Waals surface area contributed by atoms with Crippen molar-refractivity contribution in [1.29, 1.82) is 0 Å². The Kier molecular flexibility index (Phi) is 35.4. The highest BCUT2D eigenvalue weighted by Crippen LogP contribution is 2.38. The van der Waals surface area contributed by atoms with Crippen LogP contribution in [0, 0.1) is 0 Å². The van der Waals surface area contributed by atoms with E-state index in [1.54, 1.807) is 6.08 Å². The molecule has 0 saturated heterocycles. The number of unbranched alkanes of at least 4 members (excludes halogenated alkanes) is 27. The monoisotopic (exact) mass is 759 g/mol. The number of amides is 1. The van der Waals surface area contributed by atoms with Crippen LogP contribution in [0.5, 0.6) is 0 Å². The van der Waals surface area contributed by atoms with Crippen LogP contribution in [0.3, 0.4) is 0 Å². The van der Waals surface area contributed by atoms with E-state index in [0.29, 0.717) is 17.4 Å². The first-order valence-electron chi connectivity index (χ1n) is 22.1. The molecule has 0 aromatic rings. The summed E-state index contributed by atoms with van der Waals surface area (Å²) in [6.45, 7) is 4.65. The minimum Gasteiger partial charge on any atom is -0.756 e. The third-order valence-corrected chi connectivity index (χ3v) is 11.0. The largest absolute Gasteiger partial charge is 0.756 e. The zero-order valence-corrected chi connectivity index (χ0v) is 35.9. The maximum absolute atomic E-state index is 12.8. The number of carbonyl (C=O) groups is 1. The van der Waals surface area contributed by atoms with Crippen LogP contribution in [0.2, 0.25) is 0 Å². The van der Waals surface area contributed by atoms with Crippen LogP contribution in [0.25, 0.3) is 0 Å². The lowest BCUT2D eigenvalue weighted by Gasteiger charge is -2.29. The van der Waals surface area contributed by atoms with Crippen molar-refractivity contribution in [3.8, 4) is 0 Å². The summed E-state index contributed by atoms with van der Waals surface area (Å²) in [7, 11) is 1.27. The normalized spacial score (nSPS) is 14.5. The first-order chi connectivity index (χ1) is 25.0. The van der Waals surface area contributed by atoms with E-state index < -0.39 is 20.0 Å². The number of phosphoric acid groups is 1. The van der Waals surface area contributed by atoms with Gasteiger partial charge >= 0.3 is 0 Å². The van der Waals surface area contributed by atoms with Crippen molar-refractivity contribution < 1.29 is 32.9 Å². The summed E-state index contributed by atoms with van der Waals surface area (Å²) in [5, 5.41) is 13.8. The molecular weight excluding hydrogens is 671 g/mol. The molecule has 0 heterocycles. The molecule has 3 unspecified atom stereocenters. The van der Waals surface area contributed by atoms with E-state index in [0.717, 1.165) is 38.5 Å². The van der Waals surface area contributed by atoms with E-state index in [2.05, 4.69) is 19.2 Å². The molecule has 0 radical (unpaired) electrons. The number of aliphatic hydroxyl groups excluding tert-OH is 1. The number of allylic oxidation sites excluding steroid dienone is 1. The summed E-state index contributed by atoms with van der Waals surface area (Å²) in [5.74, 6) is -0.195. The fourth-order valence-electron chi connectivity index (χ4n) is 6.45. The van der Waals surface area contributed by atoms with E-state index in [9.17, 15) is 19.4 Å². The van der Waals surface area contributed by atoms with Gasteiger partial charge in [0.25, 0.3) is 7.82 Å². The number of phosphoric ester groups is 1. The summed E-state index contributed by atoms with van der Waals surface area (Å²) < 4.78 is 23.2. The number of hydrogen-bond acceptors (Lipinski definition) is 6. The zero-order valence-electron chi connectivity index (χ0n) is 35.0. The highest BCUT2D eigenvalue weighted by molar-refractivity contribution is 7.45. The van der Waals surface area contributed by atoms with E-state index in [4.69, 9.17) is 9.05 Å². The van der Waals surface area contributed by atoms with Crippen LogP contribution in [-0.4, -0.2) is 68.5 Å². The number of likely N-dealkylation sites (N-methyl/N-ethyl adjacent to an activating group) is 1. The number of nitrogens with one attached hydrogen (secondary N) is 1. The van der Waals surface area contributed by atoms with Crippen LogP contribution < -0.4 is 10.2 Å². The SMILES string of the molecule is CCCCCCCCCCCCCCC/C=C/C(O)C(COP(=O)([O-])OCC[N+](C)(C)C)NC(=O)CCCCCCCCCCCCCCCCC. The fraction of sp³-hybridized carbons (Fsp3) is 0.930. The second-order valence-electron chi connectivity index (χ2n) is 16.4. The van der Waals surface area contributed by atoms with E-state index >= 15 is 0 Å². The van der Waals surface area contributed by atoms with Crippen molar-refractivity contribution in [2.75, 3.05) is 40.9 Å². The van der Waals surface area contributed by atoms with Gasteiger partial charge in [0, 0.05) is 6.42 Å². The molecule has 2 N–H and O–H groups in total. The Morgan fingerprint density at radius 2 is 1.04 bits per heavy atom. The topological polar surface area (TPSA) is 108 Å². The average Bonchev–Trinajstić information content (AvgIpc) is 3.09. The number of rotatable bonds is 40. The Bertz CT molecular complexity index is 865. The summed E-state index contributed by atoms with van der Waals surface area (Å²) >= 11 is 0. The van der Waals surface area contributed by atoms with Gasteiger partial charge in [0.05, 0.1) is 39.9 Å². The van der Waals surface area contributed by atoms with Crippen LogP contribution in [0.4, 0.5) is 0 Å². The molecule has 8 nitrogen and oxygen atoms in total. The van der Waals surface area contributed by atoms with E-state index in [-0.39, 0.29) is 19.1 Å². The molecule has 9 heteroatoms. The molecule has 0 bridgehead atoms. The van der Waals surface area contributed by atoms with Crippen LogP contribution in [0.1, 0.15) is 206 Å². The zero-order chi connectivity index (χ0) is 38.6. The Morgan fingerprint density at radius 3 is 1.44 bits per heavy atom. The minimum absolute atomic E-state index is 0.00206. The average molecular weight is 759 g/mol. The van der Waals surface area contributed by atoms with Gasteiger partial charge in [-0.25, -0.2) is 0 Å². The third-order valence-electron chi connectivity index (χ3n) is 10.00. The lowest BCUT2D eigenvalue weighted by Crippen LogP contribution is -2.45. The van der Waals surface area contributed by atoms with Gasteiger partial charge in [-0.2, -0.15) is 0 Å². The predicted molar refractivity (Wildman–Crippen MR) is 219 cm³/mol. The first kappa shape index (κ1) is 51.2. The molecule has 0 aromatic carbocycles. The Hall–Kier alpha value is -0.760. The first-order valence-corrected chi connectivity index (χ1v) is 23.5. The fourth-order valence-corrected chi connectivity index (χ4v) is 7.17. The Labute approximate surface area is 322 Å². The van der Waals surface area contributed by atoms with Crippen molar-refractivity contribution in [3.63, 3.8) is 0 Å². The van der Waals surface area contributed by atoms with Crippen LogP contribution in [-0.2, 0) is 18.4 Å². The number of carbonyl (C=O) groups excluding carboxylic acids is 1. The maximum Gasteiger partial charge on any atom is 0.268 e. The van der Waals surface area contributed by atoms with Crippen molar-refractivity contribution in [1.82, 2.24) is 5.32 Å². The smallest absolute Gasteiger partial charge is 0.268 e. The van der Waals surface area contributed by atoms with E-state index in [1.165, 1.54) is 148 Å². The predicted octanol–water partition coefficient (Wildman–Crippen LogP) is 11.3. The third kappa shape index (κ3) is 37.6. The van der Waals surface area contributed by atoms with Crippen LogP contribution in [0.15, 0.2) is 12.2 Å². The molecule has 0 aliphatic carbocycles. The standard InChI is InChI=1S/C43H87N2O6P/c1-6-8-10-12-14-16-18-20-22-24-26-28-30-32-34-36-42(46)41(40-51-52(48,49)50-39-38-45(3,4)5)44-43(47)37-35-33-31-29-27-25-23-21-19-17-15-13-11-9-7-2/h34,36,41-42,46H,6-33,35,37-40H2,1-5H3,(H-,44,47,48,49)/b36-34+. The lowest BCUT2D eigenvalue weighted by atomic mass is 10.0. The number of hydrogen-bond donors (Lipinski definition) is 2. The van der Waals surface area contributed by atoms with Crippen LogP contribution >= 0.6 is 7.82 Å². The van der Waals surface area contributed by atoms with Gasteiger partial charge in [-0.05, 0) is 19.3 Å². The van der Waals surface area contributed by atoms with Crippen molar-refractivity contribution in [2.24, 2.45) is 0 Å². The van der Waals surface area contributed by atoms with Crippen molar-refractivity contribution in [3.05, 3.63) is 12.2 Å². The highest BCUT2D eigenvalue weighted by atomic mass is 31.2. The molecule has 0 rings (SSSR count). The molecule has 0 aliphatic heterocycles. The summed E-state index contributed by atoms with van der Waals surface area (Å²) in [6, 6.07) is -0.879. The van der Waals surface area contributed by atoms with Gasteiger partial charge < -0.3 is 28.8 Å². The van der Waals surface area contributed by atoms with E-state index in [1.807, 2.05) is 27.2 Å². The molecule has 0 fully saturated rings. The molecule has 0 aliphatic rings. The van der Waals surface area contributed by atoms with Gasteiger partial charge in [0.15, 0.2) is 0 Å². The van der Waals surface area contributed by atoms with Gasteiger partial charge in [-0.3, -0.25) is 9.36 Å². The second-order valence-corrected chi connectivity index (χ2v) is 17.8. The highest BCUT2D eigenvalue weighted by Gasteiger charge is 2.23.